The Balaban J connectivity index is 1.80. The fraction of sp³-hybridized carbons (Fsp3) is 0.333. The van der Waals surface area contributed by atoms with Crippen LogP contribution in [0.25, 0.3) is 5.69 Å². The summed E-state index contributed by atoms with van der Waals surface area (Å²) >= 11 is 0. The normalized spacial score (nSPS) is 10.5. The number of ether oxygens (including phenoxy) is 1. The summed E-state index contributed by atoms with van der Waals surface area (Å²) in [4.78, 5) is 11.9. The van der Waals surface area contributed by atoms with Crippen LogP contribution in [0.15, 0.2) is 42.6 Å². The molecule has 1 aromatic heterocycles. The van der Waals surface area contributed by atoms with E-state index in [9.17, 15) is 4.79 Å². The Morgan fingerprint density at radius 3 is 2.76 bits per heavy atom. The molecule has 2 rings (SSSR count). The lowest BCUT2D eigenvalue weighted by molar-refractivity contribution is 0.0948. The maximum Gasteiger partial charge on any atom is 0.271 e. The zero-order chi connectivity index (χ0) is 14.9. The molecule has 2 N–H and O–H groups in total. The molecule has 0 saturated heterocycles. The standard InChI is InChI=1S/C15H20N4O2/c1-21-12-10-16-8-9-17-15(20)14-7-11-19(18-14)13-5-3-2-4-6-13/h2-7,11,16H,8-10,12H2,1H3,(H,17,20). The van der Waals surface area contributed by atoms with Gasteiger partial charge >= 0.3 is 0 Å². The number of nitrogens with one attached hydrogen (secondary N) is 2. The van der Waals surface area contributed by atoms with Crippen LogP contribution < -0.4 is 10.6 Å². The Labute approximate surface area is 124 Å². The van der Waals surface area contributed by atoms with E-state index in [4.69, 9.17) is 4.74 Å². The molecule has 6 nitrogen and oxygen atoms in total. The van der Waals surface area contributed by atoms with Crippen molar-refractivity contribution in [1.82, 2.24) is 20.4 Å². The van der Waals surface area contributed by atoms with Gasteiger partial charge in [-0.2, -0.15) is 5.10 Å². The average molecular weight is 288 g/mol. The molecule has 21 heavy (non-hydrogen) atoms. The van der Waals surface area contributed by atoms with Crippen LogP contribution in [0.4, 0.5) is 0 Å². The lowest BCUT2D eigenvalue weighted by Crippen LogP contribution is -2.33. The minimum atomic E-state index is -0.168. The van der Waals surface area contributed by atoms with Crippen molar-refractivity contribution < 1.29 is 9.53 Å². The van der Waals surface area contributed by atoms with Crippen LogP contribution in [0, 0.1) is 0 Å². The van der Waals surface area contributed by atoms with E-state index in [1.807, 2.05) is 30.3 Å². The fourth-order valence-corrected chi connectivity index (χ4v) is 1.82. The van der Waals surface area contributed by atoms with Crippen LogP contribution in [-0.2, 0) is 4.74 Å². The van der Waals surface area contributed by atoms with Gasteiger partial charge in [0, 0.05) is 32.9 Å². The van der Waals surface area contributed by atoms with E-state index in [1.165, 1.54) is 0 Å². The number of hydrogen-bond donors (Lipinski definition) is 2. The molecule has 6 heteroatoms. The molecular formula is C15H20N4O2. The second kappa shape index (κ2) is 8.18. The van der Waals surface area contributed by atoms with Crippen LogP contribution in [0.1, 0.15) is 10.5 Å². The molecule has 0 spiro atoms. The van der Waals surface area contributed by atoms with Crippen molar-refractivity contribution in [3.63, 3.8) is 0 Å². The number of carbonyl (C=O) groups excluding carboxylic acids is 1. The molecule has 0 fully saturated rings. The molecule has 0 bridgehead atoms. The van der Waals surface area contributed by atoms with Crippen molar-refractivity contribution in [3.05, 3.63) is 48.3 Å². The van der Waals surface area contributed by atoms with Crippen molar-refractivity contribution in [2.75, 3.05) is 33.4 Å². The lowest BCUT2D eigenvalue weighted by atomic mass is 10.3. The molecule has 1 amide bonds. The number of carbonyl (C=O) groups is 1. The fourth-order valence-electron chi connectivity index (χ4n) is 1.82. The summed E-state index contributed by atoms with van der Waals surface area (Å²) in [6, 6.07) is 11.4. The average Bonchev–Trinajstić information content (AvgIpc) is 3.01. The molecule has 0 saturated carbocycles. The number of hydrogen-bond acceptors (Lipinski definition) is 4. The Morgan fingerprint density at radius 2 is 2.00 bits per heavy atom. The summed E-state index contributed by atoms with van der Waals surface area (Å²) in [5.41, 5.74) is 1.34. The van der Waals surface area contributed by atoms with Gasteiger partial charge < -0.3 is 15.4 Å². The summed E-state index contributed by atoms with van der Waals surface area (Å²) in [7, 11) is 1.66. The largest absolute Gasteiger partial charge is 0.383 e. The van der Waals surface area contributed by atoms with E-state index < -0.39 is 0 Å². The Kier molecular flexibility index (Phi) is 5.93. The minimum absolute atomic E-state index is 0.168. The number of benzene rings is 1. The first-order valence-corrected chi connectivity index (χ1v) is 6.90. The summed E-state index contributed by atoms with van der Waals surface area (Å²) in [6.07, 6.45) is 1.78. The van der Waals surface area contributed by atoms with Gasteiger partial charge in [0.15, 0.2) is 5.69 Å². The molecule has 0 aliphatic carbocycles. The summed E-state index contributed by atoms with van der Waals surface area (Å²) in [5.74, 6) is -0.168. The molecule has 2 aromatic rings. The summed E-state index contributed by atoms with van der Waals surface area (Å²) in [5, 5.41) is 10.3. The van der Waals surface area contributed by atoms with Gasteiger partial charge in [-0.1, -0.05) is 18.2 Å². The van der Waals surface area contributed by atoms with Crippen LogP contribution >= 0.6 is 0 Å². The van der Waals surface area contributed by atoms with Gasteiger partial charge in [0.2, 0.25) is 0 Å². The minimum Gasteiger partial charge on any atom is -0.383 e. The number of nitrogens with zero attached hydrogens (tertiary/aromatic N) is 2. The first kappa shape index (κ1) is 15.2. The predicted molar refractivity (Wildman–Crippen MR) is 80.6 cm³/mol. The first-order valence-electron chi connectivity index (χ1n) is 6.90. The predicted octanol–water partition coefficient (Wildman–Crippen LogP) is 0.838. The highest BCUT2D eigenvalue weighted by Gasteiger charge is 2.09. The van der Waals surface area contributed by atoms with Crippen LogP contribution in [0.2, 0.25) is 0 Å². The van der Waals surface area contributed by atoms with Gasteiger partial charge in [0.25, 0.3) is 5.91 Å². The number of aromatic nitrogens is 2. The van der Waals surface area contributed by atoms with E-state index >= 15 is 0 Å². The van der Waals surface area contributed by atoms with Gasteiger partial charge in [-0.25, -0.2) is 4.68 Å². The monoisotopic (exact) mass is 288 g/mol. The van der Waals surface area contributed by atoms with Crippen LogP contribution in [-0.4, -0.2) is 49.0 Å². The SMILES string of the molecule is COCCNCCNC(=O)c1ccn(-c2ccccc2)n1. The number of para-hydroxylation sites is 1. The molecule has 1 aromatic carbocycles. The van der Waals surface area contributed by atoms with Gasteiger partial charge in [-0.15, -0.1) is 0 Å². The third kappa shape index (κ3) is 4.70. The first-order chi connectivity index (χ1) is 10.3. The molecule has 0 radical (unpaired) electrons. The third-order valence-electron chi connectivity index (χ3n) is 2.91. The molecular weight excluding hydrogens is 268 g/mol. The van der Waals surface area contributed by atoms with E-state index in [2.05, 4.69) is 15.7 Å². The molecule has 0 aliphatic rings. The van der Waals surface area contributed by atoms with Crippen LogP contribution in [0.5, 0.6) is 0 Å². The Hall–Kier alpha value is -2.18. The number of methoxy groups -OCH3 is 1. The second-order valence-corrected chi connectivity index (χ2v) is 4.48. The van der Waals surface area contributed by atoms with Crippen molar-refractivity contribution in [3.8, 4) is 5.69 Å². The van der Waals surface area contributed by atoms with Gasteiger partial charge in [-0.05, 0) is 18.2 Å². The smallest absolute Gasteiger partial charge is 0.271 e. The second-order valence-electron chi connectivity index (χ2n) is 4.48. The highest BCUT2D eigenvalue weighted by Crippen LogP contribution is 2.06. The van der Waals surface area contributed by atoms with Crippen molar-refractivity contribution in [2.45, 2.75) is 0 Å². The quantitative estimate of drug-likeness (QED) is 0.706. The van der Waals surface area contributed by atoms with Crippen molar-refractivity contribution in [1.29, 1.82) is 0 Å². The Bertz CT molecular complexity index is 554. The van der Waals surface area contributed by atoms with Crippen molar-refractivity contribution in [2.24, 2.45) is 0 Å². The molecule has 0 aliphatic heterocycles. The van der Waals surface area contributed by atoms with E-state index in [1.54, 1.807) is 24.1 Å². The molecule has 112 valence electrons. The van der Waals surface area contributed by atoms with Crippen LogP contribution in [0.3, 0.4) is 0 Å². The topological polar surface area (TPSA) is 68.2 Å². The summed E-state index contributed by atoms with van der Waals surface area (Å²) in [6.45, 7) is 2.69. The van der Waals surface area contributed by atoms with E-state index in [-0.39, 0.29) is 5.91 Å². The maximum absolute atomic E-state index is 11.9. The third-order valence-corrected chi connectivity index (χ3v) is 2.91. The maximum atomic E-state index is 11.9. The highest BCUT2D eigenvalue weighted by molar-refractivity contribution is 5.92. The molecule has 1 heterocycles. The van der Waals surface area contributed by atoms with E-state index in [0.717, 1.165) is 12.2 Å². The summed E-state index contributed by atoms with van der Waals surface area (Å²) < 4.78 is 6.61. The number of rotatable bonds is 8. The lowest BCUT2D eigenvalue weighted by Gasteiger charge is -2.05. The number of amides is 1. The Morgan fingerprint density at radius 1 is 1.19 bits per heavy atom. The van der Waals surface area contributed by atoms with Gasteiger partial charge in [-0.3, -0.25) is 4.79 Å². The van der Waals surface area contributed by atoms with Gasteiger partial charge in [0.05, 0.1) is 12.3 Å². The van der Waals surface area contributed by atoms with Crippen molar-refractivity contribution >= 4 is 5.91 Å². The zero-order valence-corrected chi connectivity index (χ0v) is 12.1. The highest BCUT2D eigenvalue weighted by atomic mass is 16.5. The zero-order valence-electron chi connectivity index (χ0n) is 12.1. The molecule has 0 atom stereocenters. The van der Waals surface area contributed by atoms with E-state index in [0.29, 0.717) is 25.4 Å². The molecule has 0 unspecified atom stereocenters. The van der Waals surface area contributed by atoms with Gasteiger partial charge in [0.1, 0.15) is 0 Å².